The van der Waals surface area contributed by atoms with Crippen molar-refractivity contribution in [2.75, 3.05) is 32.7 Å². The maximum atomic E-state index is 12.2. The number of piperazine rings is 1. The average molecular weight is 341 g/mol. The Morgan fingerprint density at radius 2 is 1.88 bits per heavy atom. The molecule has 0 spiro atoms. The number of carbonyl (C=O) groups excluding carboxylic acids is 2. The quantitative estimate of drug-likeness (QED) is 0.898. The van der Waals surface area contributed by atoms with Crippen molar-refractivity contribution in [2.24, 2.45) is 0 Å². The summed E-state index contributed by atoms with van der Waals surface area (Å²) in [6.07, 6.45) is 2.97. The third-order valence-electron chi connectivity index (χ3n) is 4.53. The Kier molecular flexibility index (Phi) is 5.50. The Morgan fingerprint density at radius 3 is 2.56 bits per heavy atom. The highest BCUT2D eigenvalue weighted by atomic mass is 16.3. The molecule has 1 aromatic heterocycles. The molecule has 6 nitrogen and oxygen atoms in total. The Hall–Kier alpha value is -2.60. The molecular formula is C19H23N3O3. The predicted octanol–water partition coefficient (Wildman–Crippen LogP) is 1.66. The van der Waals surface area contributed by atoms with Crippen molar-refractivity contribution in [2.45, 2.75) is 13.5 Å². The van der Waals surface area contributed by atoms with Gasteiger partial charge in [-0.05, 0) is 24.1 Å². The molecule has 2 aromatic rings. The van der Waals surface area contributed by atoms with Crippen LogP contribution in [0, 0.1) is 6.92 Å². The van der Waals surface area contributed by atoms with E-state index in [-0.39, 0.29) is 11.8 Å². The van der Waals surface area contributed by atoms with Gasteiger partial charge in [-0.1, -0.05) is 24.3 Å². The topological polar surface area (TPSA) is 65.8 Å². The number of nitrogens with one attached hydrogen (secondary N) is 1. The fourth-order valence-corrected chi connectivity index (χ4v) is 2.94. The van der Waals surface area contributed by atoms with Crippen LogP contribution in [-0.2, 0) is 11.3 Å². The van der Waals surface area contributed by atoms with E-state index in [1.54, 1.807) is 11.0 Å². The fourth-order valence-electron chi connectivity index (χ4n) is 2.94. The molecule has 1 N–H and O–H groups in total. The summed E-state index contributed by atoms with van der Waals surface area (Å²) < 4.78 is 4.96. The lowest BCUT2D eigenvalue weighted by molar-refractivity contribution is -0.122. The van der Waals surface area contributed by atoms with Gasteiger partial charge in [0.25, 0.3) is 5.91 Å². The van der Waals surface area contributed by atoms with Crippen molar-refractivity contribution in [1.29, 1.82) is 0 Å². The summed E-state index contributed by atoms with van der Waals surface area (Å²) in [5.74, 6) is -0.00438. The number of hydrogen-bond donors (Lipinski definition) is 1. The summed E-state index contributed by atoms with van der Waals surface area (Å²) in [6.45, 7) is 5.58. The molecule has 6 heteroatoms. The van der Waals surface area contributed by atoms with Crippen molar-refractivity contribution < 1.29 is 14.0 Å². The van der Waals surface area contributed by atoms with E-state index in [4.69, 9.17) is 4.42 Å². The molecule has 25 heavy (non-hydrogen) atoms. The summed E-state index contributed by atoms with van der Waals surface area (Å²) in [4.78, 5) is 28.3. The average Bonchev–Trinajstić information content (AvgIpc) is 3.16. The first-order valence-corrected chi connectivity index (χ1v) is 8.48. The lowest BCUT2D eigenvalue weighted by atomic mass is 10.1. The van der Waals surface area contributed by atoms with Gasteiger partial charge >= 0.3 is 0 Å². The Bertz CT molecular complexity index is 719. The highest BCUT2D eigenvalue weighted by Crippen LogP contribution is 2.09. The molecule has 1 aromatic carbocycles. The van der Waals surface area contributed by atoms with Gasteiger partial charge in [0, 0.05) is 32.7 Å². The van der Waals surface area contributed by atoms with Crippen LogP contribution in [0.4, 0.5) is 0 Å². The maximum absolute atomic E-state index is 12.2. The zero-order valence-electron chi connectivity index (χ0n) is 14.4. The van der Waals surface area contributed by atoms with Gasteiger partial charge in [0.1, 0.15) is 6.26 Å². The van der Waals surface area contributed by atoms with Gasteiger partial charge in [0.15, 0.2) is 0 Å². The third kappa shape index (κ3) is 4.48. The van der Waals surface area contributed by atoms with Gasteiger partial charge in [0.05, 0.1) is 18.4 Å². The Balaban J connectivity index is 1.42. The van der Waals surface area contributed by atoms with Gasteiger partial charge in [0.2, 0.25) is 5.91 Å². The van der Waals surface area contributed by atoms with E-state index in [9.17, 15) is 9.59 Å². The van der Waals surface area contributed by atoms with Crippen LogP contribution in [0.2, 0.25) is 0 Å². The van der Waals surface area contributed by atoms with Crippen LogP contribution in [0.5, 0.6) is 0 Å². The van der Waals surface area contributed by atoms with E-state index < -0.39 is 0 Å². The molecule has 1 aliphatic rings. The van der Waals surface area contributed by atoms with Crippen molar-refractivity contribution in [3.05, 3.63) is 59.5 Å². The zero-order chi connectivity index (χ0) is 17.6. The summed E-state index contributed by atoms with van der Waals surface area (Å²) >= 11 is 0. The Morgan fingerprint density at radius 1 is 1.12 bits per heavy atom. The van der Waals surface area contributed by atoms with E-state index in [2.05, 4.69) is 10.2 Å². The number of amides is 2. The van der Waals surface area contributed by atoms with Gasteiger partial charge in [-0.15, -0.1) is 0 Å². The van der Waals surface area contributed by atoms with Crippen LogP contribution in [0.3, 0.4) is 0 Å². The van der Waals surface area contributed by atoms with Crippen LogP contribution in [0.1, 0.15) is 21.5 Å². The first kappa shape index (κ1) is 17.2. The van der Waals surface area contributed by atoms with Crippen LogP contribution in [-0.4, -0.2) is 54.3 Å². The van der Waals surface area contributed by atoms with Crippen LogP contribution in [0.15, 0.2) is 47.3 Å². The number of carbonyl (C=O) groups is 2. The minimum Gasteiger partial charge on any atom is -0.472 e. The van der Waals surface area contributed by atoms with Crippen molar-refractivity contribution >= 4 is 11.8 Å². The second kappa shape index (κ2) is 7.98. The fraction of sp³-hybridized carbons (Fsp3) is 0.368. The minimum atomic E-state index is -0.0163. The van der Waals surface area contributed by atoms with Gasteiger partial charge in [-0.25, -0.2) is 0 Å². The number of benzene rings is 1. The number of nitrogens with zero attached hydrogens (tertiary/aromatic N) is 2. The van der Waals surface area contributed by atoms with Gasteiger partial charge in [-0.3, -0.25) is 14.5 Å². The number of rotatable bonds is 5. The second-order valence-electron chi connectivity index (χ2n) is 6.28. The van der Waals surface area contributed by atoms with E-state index in [1.165, 1.54) is 18.1 Å². The molecule has 0 radical (unpaired) electrons. The summed E-state index contributed by atoms with van der Waals surface area (Å²) in [6, 6.07) is 9.71. The molecule has 0 bridgehead atoms. The molecule has 3 rings (SSSR count). The molecule has 0 aliphatic carbocycles. The maximum Gasteiger partial charge on any atom is 0.257 e. The summed E-state index contributed by atoms with van der Waals surface area (Å²) in [5.41, 5.74) is 2.88. The largest absolute Gasteiger partial charge is 0.472 e. The standard InChI is InChI=1S/C19H23N3O3/c1-15-4-2-3-5-16(15)12-20-18(23)13-21-7-9-22(10-8-21)19(24)17-6-11-25-14-17/h2-6,11,14H,7-10,12-13H2,1H3,(H,20,23). The number of furan rings is 1. The lowest BCUT2D eigenvalue weighted by Gasteiger charge is -2.34. The van der Waals surface area contributed by atoms with Crippen LogP contribution >= 0.6 is 0 Å². The van der Waals surface area contributed by atoms with Gasteiger partial charge in [-0.2, -0.15) is 0 Å². The molecule has 2 amide bonds. The molecule has 0 saturated carbocycles. The first-order valence-electron chi connectivity index (χ1n) is 8.48. The molecule has 0 atom stereocenters. The highest BCUT2D eigenvalue weighted by molar-refractivity contribution is 5.93. The number of aryl methyl sites for hydroxylation is 1. The second-order valence-corrected chi connectivity index (χ2v) is 6.28. The van der Waals surface area contributed by atoms with Crippen molar-refractivity contribution in [3.8, 4) is 0 Å². The molecule has 1 fully saturated rings. The third-order valence-corrected chi connectivity index (χ3v) is 4.53. The minimum absolute atomic E-state index is 0.0119. The highest BCUT2D eigenvalue weighted by Gasteiger charge is 2.23. The molecule has 1 saturated heterocycles. The molecule has 2 heterocycles. The SMILES string of the molecule is Cc1ccccc1CNC(=O)CN1CCN(C(=O)c2ccoc2)CC1. The monoisotopic (exact) mass is 341 g/mol. The first-order chi connectivity index (χ1) is 12.1. The van der Waals surface area contributed by atoms with E-state index >= 15 is 0 Å². The normalized spacial score (nSPS) is 15.2. The zero-order valence-corrected chi connectivity index (χ0v) is 14.4. The predicted molar refractivity (Wildman–Crippen MR) is 94.1 cm³/mol. The van der Waals surface area contributed by atoms with Crippen molar-refractivity contribution in [1.82, 2.24) is 15.1 Å². The molecule has 132 valence electrons. The molecule has 1 aliphatic heterocycles. The van der Waals surface area contributed by atoms with E-state index in [0.29, 0.717) is 44.8 Å². The number of hydrogen-bond acceptors (Lipinski definition) is 4. The van der Waals surface area contributed by atoms with Crippen molar-refractivity contribution in [3.63, 3.8) is 0 Å². The Labute approximate surface area is 147 Å². The molecule has 0 unspecified atom stereocenters. The smallest absolute Gasteiger partial charge is 0.257 e. The van der Waals surface area contributed by atoms with Gasteiger partial charge < -0.3 is 14.6 Å². The summed E-state index contributed by atoms with van der Waals surface area (Å²) in [7, 11) is 0. The summed E-state index contributed by atoms with van der Waals surface area (Å²) in [5, 5.41) is 2.97. The van der Waals surface area contributed by atoms with E-state index in [1.807, 2.05) is 31.2 Å². The molecular weight excluding hydrogens is 318 g/mol. The van der Waals surface area contributed by atoms with Crippen LogP contribution in [0.25, 0.3) is 0 Å². The van der Waals surface area contributed by atoms with E-state index in [0.717, 1.165) is 5.56 Å². The van der Waals surface area contributed by atoms with Crippen LogP contribution < -0.4 is 5.32 Å². The lowest BCUT2D eigenvalue weighted by Crippen LogP contribution is -2.51.